The predicted molar refractivity (Wildman–Crippen MR) is 93.8 cm³/mol. The highest BCUT2D eigenvalue weighted by Crippen LogP contribution is 2.37. The maximum absolute atomic E-state index is 12.5. The molecular weight excluding hydrogens is 326 g/mol. The lowest BCUT2D eigenvalue weighted by molar-refractivity contribution is -0.137. The van der Waals surface area contributed by atoms with E-state index in [4.69, 9.17) is 11.6 Å². The van der Waals surface area contributed by atoms with Crippen LogP contribution in [0.3, 0.4) is 0 Å². The molecule has 2 amide bonds. The lowest BCUT2D eigenvalue weighted by Gasteiger charge is -2.39. The van der Waals surface area contributed by atoms with E-state index in [0.29, 0.717) is 13.1 Å². The third-order valence-electron chi connectivity index (χ3n) is 5.07. The third-order valence-corrected chi connectivity index (χ3v) is 5.32. The minimum atomic E-state index is -0.170. The minimum absolute atomic E-state index is 0.0104. The van der Waals surface area contributed by atoms with E-state index >= 15 is 0 Å². The number of nitrogens with one attached hydrogen (secondary N) is 2. The van der Waals surface area contributed by atoms with E-state index in [-0.39, 0.29) is 30.4 Å². The molecule has 5 nitrogen and oxygen atoms in total. The second-order valence-corrected chi connectivity index (χ2v) is 7.10. The quantitative estimate of drug-likeness (QED) is 0.874. The number of benzene rings is 1. The van der Waals surface area contributed by atoms with Crippen molar-refractivity contribution in [1.82, 2.24) is 15.5 Å². The molecular formula is C18H24ClN3O2. The Kier molecular flexibility index (Phi) is 5.41. The van der Waals surface area contributed by atoms with Crippen LogP contribution in [0.2, 0.25) is 5.02 Å². The number of carbonyl (C=O) groups excluding carboxylic acids is 2. The lowest BCUT2D eigenvalue weighted by Crippen LogP contribution is -2.54. The molecule has 0 aromatic heterocycles. The number of hydrogen-bond acceptors (Lipinski definition) is 3. The molecule has 0 spiro atoms. The highest BCUT2D eigenvalue weighted by molar-refractivity contribution is 6.30. The minimum Gasteiger partial charge on any atom is -0.353 e. The zero-order valence-electron chi connectivity index (χ0n) is 13.8. The summed E-state index contributed by atoms with van der Waals surface area (Å²) in [6, 6.07) is 7.93. The largest absolute Gasteiger partial charge is 0.353 e. The van der Waals surface area contributed by atoms with Gasteiger partial charge in [0.25, 0.3) is 0 Å². The first kappa shape index (κ1) is 17.2. The standard InChI is InChI=1S/C18H24ClN3O2/c19-15-6-4-14(5-7-15)18(8-2-1-3-9-18)21-12-17(24)22-11-10-20-16(23)13-22/h4-7,21H,1-3,8-13H2,(H,20,23). The smallest absolute Gasteiger partial charge is 0.239 e. The number of halogens is 1. The summed E-state index contributed by atoms with van der Waals surface area (Å²) in [5.41, 5.74) is 1.02. The van der Waals surface area contributed by atoms with Crippen molar-refractivity contribution in [3.63, 3.8) is 0 Å². The van der Waals surface area contributed by atoms with E-state index in [0.717, 1.165) is 30.7 Å². The van der Waals surface area contributed by atoms with Gasteiger partial charge >= 0.3 is 0 Å². The van der Waals surface area contributed by atoms with Crippen molar-refractivity contribution in [1.29, 1.82) is 0 Å². The monoisotopic (exact) mass is 349 g/mol. The van der Waals surface area contributed by atoms with Crippen molar-refractivity contribution in [2.45, 2.75) is 37.6 Å². The molecule has 24 heavy (non-hydrogen) atoms. The molecule has 1 saturated heterocycles. The molecule has 0 radical (unpaired) electrons. The highest BCUT2D eigenvalue weighted by Gasteiger charge is 2.34. The Hall–Kier alpha value is -1.59. The topological polar surface area (TPSA) is 61.4 Å². The maximum atomic E-state index is 12.5. The molecule has 2 N–H and O–H groups in total. The Morgan fingerprint density at radius 2 is 1.92 bits per heavy atom. The Bertz CT molecular complexity index is 597. The molecule has 130 valence electrons. The van der Waals surface area contributed by atoms with E-state index in [9.17, 15) is 9.59 Å². The zero-order chi connectivity index (χ0) is 17.0. The van der Waals surface area contributed by atoms with Gasteiger partial charge < -0.3 is 10.2 Å². The van der Waals surface area contributed by atoms with Crippen LogP contribution < -0.4 is 10.6 Å². The van der Waals surface area contributed by atoms with Gasteiger partial charge in [0.1, 0.15) is 0 Å². The molecule has 0 atom stereocenters. The van der Waals surface area contributed by atoms with Gasteiger partial charge in [0.2, 0.25) is 11.8 Å². The molecule has 0 bridgehead atoms. The van der Waals surface area contributed by atoms with E-state index in [2.05, 4.69) is 22.8 Å². The van der Waals surface area contributed by atoms with Crippen molar-refractivity contribution in [2.24, 2.45) is 0 Å². The molecule has 1 aliphatic heterocycles. The van der Waals surface area contributed by atoms with Crippen LogP contribution in [-0.4, -0.2) is 42.9 Å². The molecule has 6 heteroatoms. The SMILES string of the molecule is O=C1CN(C(=O)CNC2(c3ccc(Cl)cc3)CCCCC2)CCN1. The average molecular weight is 350 g/mol. The van der Waals surface area contributed by atoms with Crippen molar-refractivity contribution in [2.75, 3.05) is 26.2 Å². The molecule has 1 heterocycles. The molecule has 1 saturated carbocycles. The van der Waals surface area contributed by atoms with Crippen molar-refractivity contribution >= 4 is 23.4 Å². The van der Waals surface area contributed by atoms with Crippen LogP contribution in [0.1, 0.15) is 37.7 Å². The van der Waals surface area contributed by atoms with Crippen molar-refractivity contribution in [3.05, 3.63) is 34.9 Å². The average Bonchev–Trinajstić information content (AvgIpc) is 2.61. The number of piperazine rings is 1. The highest BCUT2D eigenvalue weighted by atomic mass is 35.5. The second kappa shape index (κ2) is 7.53. The number of carbonyl (C=O) groups is 2. The summed E-state index contributed by atoms with van der Waals surface area (Å²) in [6.07, 6.45) is 5.56. The van der Waals surface area contributed by atoms with Gasteiger partial charge in [-0.15, -0.1) is 0 Å². The van der Waals surface area contributed by atoms with Gasteiger partial charge in [0.15, 0.2) is 0 Å². The van der Waals surface area contributed by atoms with Gasteiger partial charge in [-0.3, -0.25) is 14.9 Å². The first-order valence-corrected chi connectivity index (χ1v) is 9.02. The van der Waals surface area contributed by atoms with Gasteiger partial charge in [0.05, 0.1) is 13.1 Å². The van der Waals surface area contributed by atoms with Gasteiger partial charge in [-0.05, 0) is 30.5 Å². The Morgan fingerprint density at radius 1 is 1.21 bits per heavy atom. The van der Waals surface area contributed by atoms with Gasteiger partial charge in [-0.2, -0.15) is 0 Å². The fourth-order valence-corrected chi connectivity index (χ4v) is 3.83. The fraction of sp³-hybridized carbons (Fsp3) is 0.556. The molecule has 1 aromatic rings. The second-order valence-electron chi connectivity index (χ2n) is 6.67. The van der Waals surface area contributed by atoms with Crippen LogP contribution in [0, 0.1) is 0 Å². The maximum Gasteiger partial charge on any atom is 0.239 e. The van der Waals surface area contributed by atoms with Crippen LogP contribution in [0.25, 0.3) is 0 Å². The van der Waals surface area contributed by atoms with Gasteiger partial charge in [-0.25, -0.2) is 0 Å². The molecule has 0 unspecified atom stereocenters. The van der Waals surface area contributed by atoms with E-state index in [1.165, 1.54) is 12.0 Å². The first-order chi connectivity index (χ1) is 11.6. The number of nitrogens with zero attached hydrogens (tertiary/aromatic N) is 1. The Balaban J connectivity index is 1.69. The van der Waals surface area contributed by atoms with Crippen LogP contribution in [0.5, 0.6) is 0 Å². The number of amides is 2. The fourth-order valence-electron chi connectivity index (χ4n) is 3.70. The van der Waals surface area contributed by atoms with Crippen LogP contribution in [0.15, 0.2) is 24.3 Å². The Labute approximate surface area is 147 Å². The normalized spacial score (nSPS) is 20.5. The van der Waals surface area contributed by atoms with E-state index < -0.39 is 0 Å². The van der Waals surface area contributed by atoms with E-state index in [1.54, 1.807) is 4.90 Å². The molecule has 1 aliphatic carbocycles. The Morgan fingerprint density at radius 3 is 2.58 bits per heavy atom. The van der Waals surface area contributed by atoms with E-state index in [1.807, 2.05) is 12.1 Å². The van der Waals surface area contributed by atoms with Crippen LogP contribution in [-0.2, 0) is 15.1 Å². The van der Waals surface area contributed by atoms with Crippen LogP contribution >= 0.6 is 11.6 Å². The molecule has 1 aromatic carbocycles. The zero-order valence-corrected chi connectivity index (χ0v) is 14.6. The summed E-state index contributed by atoms with van der Waals surface area (Å²) >= 11 is 6.02. The van der Waals surface area contributed by atoms with Gasteiger partial charge in [0, 0.05) is 23.7 Å². The van der Waals surface area contributed by atoms with Crippen molar-refractivity contribution < 1.29 is 9.59 Å². The summed E-state index contributed by atoms with van der Waals surface area (Å²) in [6.45, 7) is 1.54. The summed E-state index contributed by atoms with van der Waals surface area (Å²) in [7, 11) is 0. The van der Waals surface area contributed by atoms with Crippen molar-refractivity contribution in [3.8, 4) is 0 Å². The van der Waals surface area contributed by atoms with Crippen LogP contribution in [0.4, 0.5) is 0 Å². The number of rotatable bonds is 4. The predicted octanol–water partition coefficient (Wildman–Crippen LogP) is 2.05. The number of hydrogen-bond donors (Lipinski definition) is 2. The summed E-state index contributed by atoms with van der Waals surface area (Å²) < 4.78 is 0. The molecule has 2 fully saturated rings. The molecule has 3 rings (SSSR count). The summed E-state index contributed by atoms with van der Waals surface area (Å²) in [4.78, 5) is 25.6. The van der Waals surface area contributed by atoms with Gasteiger partial charge in [-0.1, -0.05) is 43.0 Å². The molecule has 2 aliphatic rings. The first-order valence-electron chi connectivity index (χ1n) is 8.65. The summed E-state index contributed by atoms with van der Waals surface area (Å²) in [5, 5.41) is 6.98. The lowest BCUT2D eigenvalue weighted by atomic mass is 9.76. The summed E-state index contributed by atoms with van der Waals surface area (Å²) in [5.74, 6) is -0.0940. The third kappa shape index (κ3) is 3.90.